The van der Waals surface area contributed by atoms with E-state index in [0.29, 0.717) is 25.0 Å². The van der Waals surface area contributed by atoms with Crippen LogP contribution >= 0.6 is 0 Å². The first kappa shape index (κ1) is 23.3. The van der Waals surface area contributed by atoms with Gasteiger partial charge in [0.05, 0.1) is 0 Å². The van der Waals surface area contributed by atoms with Crippen molar-refractivity contribution in [3.8, 4) is 0 Å². The molecule has 2 unspecified atom stereocenters. The largest absolute Gasteiger partial charge is 0.481 e. The quantitative estimate of drug-likeness (QED) is 0.227. The molecule has 152 valence electrons. The van der Waals surface area contributed by atoms with E-state index >= 15 is 0 Å². The average molecular weight is 377 g/mol. The van der Waals surface area contributed by atoms with Crippen LogP contribution in [0.3, 0.4) is 0 Å². The minimum absolute atomic E-state index is 0.00567. The number of ketones is 2. The molecule has 0 amide bonds. The van der Waals surface area contributed by atoms with E-state index in [0.717, 1.165) is 38.5 Å². The summed E-state index contributed by atoms with van der Waals surface area (Å²) in [6.45, 7) is 2.18. The summed E-state index contributed by atoms with van der Waals surface area (Å²) in [5, 5.41) is 8.60. The first-order chi connectivity index (χ1) is 13.0. The average Bonchev–Trinajstić information content (AvgIpc) is 2.98. The molecule has 1 saturated carbocycles. The number of hydrogen-bond acceptors (Lipinski definition) is 3. The molecule has 1 N–H and O–H groups in total. The molecular weight excluding hydrogens is 340 g/mol. The predicted molar refractivity (Wildman–Crippen MR) is 109 cm³/mol. The van der Waals surface area contributed by atoms with Gasteiger partial charge in [0.25, 0.3) is 0 Å². The molecule has 1 rings (SSSR count). The van der Waals surface area contributed by atoms with Gasteiger partial charge in [0, 0.05) is 25.2 Å². The van der Waals surface area contributed by atoms with Crippen LogP contribution in [-0.2, 0) is 14.4 Å². The minimum Gasteiger partial charge on any atom is -0.481 e. The Kier molecular flexibility index (Phi) is 12.4. The van der Waals surface area contributed by atoms with Gasteiger partial charge in [0.2, 0.25) is 0 Å². The maximum atomic E-state index is 12.1. The molecule has 0 aromatic rings. The van der Waals surface area contributed by atoms with Crippen molar-refractivity contribution in [1.82, 2.24) is 0 Å². The molecule has 1 aliphatic carbocycles. The van der Waals surface area contributed by atoms with Gasteiger partial charge in [-0.1, -0.05) is 50.8 Å². The Morgan fingerprint density at radius 1 is 1.04 bits per heavy atom. The third-order valence-electron chi connectivity index (χ3n) is 5.28. The smallest absolute Gasteiger partial charge is 0.303 e. The zero-order chi connectivity index (χ0) is 19.9. The van der Waals surface area contributed by atoms with Crippen LogP contribution in [0.4, 0.5) is 0 Å². The second-order valence-corrected chi connectivity index (χ2v) is 7.61. The second-order valence-electron chi connectivity index (χ2n) is 7.61. The van der Waals surface area contributed by atoms with Crippen LogP contribution in [-0.4, -0.2) is 22.6 Å². The van der Waals surface area contributed by atoms with E-state index in [1.54, 1.807) is 6.08 Å². The monoisotopic (exact) mass is 376 g/mol. The van der Waals surface area contributed by atoms with Crippen LogP contribution in [0.15, 0.2) is 24.3 Å². The molecule has 4 nitrogen and oxygen atoms in total. The highest BCUT2D eigenvalue weighted by atomic mass is 16.4. The number of rotatable bonds is 15. The fraction of sp³-hybridized carbons (Fsp3) is 0.696. The zero-order valence-corrected chi connectivity index (χ0v) is 16.8. The number of hydrogen-bond donors (Lipinski definition) is 1. The van der Waals surface area contributed by atoms with Gasteiger partial charge >= 0.3 is 5.97 Å². The van der Waals surface area contributed by atoms with Gasteiger partial charge in [-0.2, -0.15) is 0 Å². The number of carboxylic acids is 1. The fourth-order valence-electron chi connectivity index (χ4n) is 3.59. The van der Waals surface area contributed by atoms with E-state index in [2.05, 4.69) is 13.0 Å². The molecule has 0 radical (unpaired) electrons. The second kappa shape index (κ2) is 14.4. The number of unbranched alkanes of at least 4 members (excludes halogenated alkanes) is 6. The molecular formula is C23H36O4. The Labute approximate surface area is 164 Å². The molecule has 0 heterocycles. The van der Waals surface area contributed by atoms with E-state index < -0.39 is 5.97 Å². The molecule has 0 spiro atoms. The molecule has 0 saturated heterocycles. The van der Waals surface area contributed by atoms with Gasteiger partial charge in [-0.3, -0.25) is 14.4 Å². The van der Waals surface area contributed by atoms with Crippen LogP contribution < -0.4 is 0 Å². The van der Waals surface area contributed by atoms with E-state index in [9.17, 15) is 14.4 Å². The van der Waals surface area contributed by atoms with Gasteiger partial charge in [-0.15, -0.1) is 0 Å². The maximum Gasteiger partial charge on any atom is 0.303 e. The van der Waals surface area contributed by atoms with Crippen LogP contribution in [0.1, 0.15) is 90.4 Å². The number of carbonyl (C=O) groups excluding carboxylic acids is 2. The Morgan fingerprint density at radius 3 is 2.52 bits per heavy atom. The normalized spacial score (nSPS) is 20.1. The summed E-state index contributed by atoms with van der Waals surface area (Å²) in [6, 6.07) is 0. The molecule has 4 heteroatoms. The summed E-state index contributed by atoms with van der Waals surface area (Å²) < 4.78 is 0. The number of allylic oxidation sites excluding steroid dienone is 4. The third-order valence-corrected chi connectivity index (χ3v) is 5.28. The third kappa shape index (κ3) is 10.9. The zero-order valence-electron chi connectivity index (χ0n) is 16.8. The van der Waals surface area contributed by atoms with Crippen LogP contribution in [0, 0.1) is 11.8 Å². The molecule has 0 bridgehead atoms. The van der Waals surface area contributed by atoms with Crippen molar-refractivity contribution in [2.24, 2.45) is 11.8 Å². The van der Waals surface area contributed by atoms with E-state index in [4.69, 9.17) is 5.11 Å². The van der Waals surface area contributed by atoms with Crippen molar-refractivity contribution in [3.05, 3.63) is 24.3 Å². The van der Waals surface area contributed by atoms with Crippen LogP contribution in [0.5, 0.6) is 0 Å². The SMILES string of the molecule is CCCCCCCC(=O)C=CC1CCC(=O)C1CC=CCCCCC(=O)O. The Hall–Kier alpha value is -1.71. The molecule has 2 atom stereocenters. The molecule has 1 fully saturated rings. The van der Waals surface area contributed by atoms with Crippen LogP contribution in [0.25, 0.3) is 0 Å². The number of carboxylic acid groups (broad SMARTS) is 1. The highest BCUT2D eigenvalue weighted by Crippen LogP contribution is 2.32. The van der Waals surface area contributed by atoms with E-state index in [-0.39, 0.29) is 24.0 Å². The van der Waals surface area contributed by atoms with Gasteiger partial charge in [0.15, 0.2) is 5.78 Å². The predicted octanol–water partition coefficient (Wildman–Crippen LogP) is 5.66. The summed E-state index contributed by atoms with van der Waals surface area (Å²) >= 11 is 0. The summed E-state index contributed by atoms with van der Waals surface area (Å²) in [7, 11) is 0. The highest BCUT2D eigenvalue weighted by Gasteiger charge is 2.31. The Bertz CT molecular complexity index is 518. The lowest BCUT2D eigenvalue weighted by atomic mass is 9.91. The number of Topliss-reactive ketones (excluding diaryl/α,β-unsaturated/α-hetero) is 1. The molecule has 1 aliphatic rings. The van der Waals surface area contributed by atoms with E-state index in [1.807, 2.05) is 12.2 Å². The first-order valence-corrected chi connectivity index (χ1v) is 10.6. The van der Waals surface area contributed by atoms with Gasteiger partial charge in [0.1, 0.15) is 5.78 Å². The summed E-state index contributed by atoms with van der Waals surface area (Å²) in [6.07, 6.45) is 18.9. The van der Waals surface area contributed by atoms with Crippen molar-refractivity contribution in [3.63, 3.8) is 0 Å². The minimum atomic E-state index is -0.749. The summed E-state index contributed by atoms with van der Waals surface area (Å²) in [5.74, 6) is -0.0986. The van der Waals surface area contributed by atoms with Gasteiger partial charge < -0.3 is 5.11 Å². The fourth-order valence-corrected chi connectivity index (χ4v) is 3.59. The lowest BCUT2D eigenvalue weighted by molar-refractivity contribution is -0.137. The Balaban J connectivity index is 2.30. The highest BCUT2D eigenvalue weighted by molar-refractivity contribution is 5.90. The molecule has 0 aromatic heterocycles. The summed E-state index contributed by atoms with van der Waals surface area (Å²) in [4.78, 5) is 34.6. The lowest BCUT2D eigenvalue weighted by Gasteiger charge is -2.12. The number of carbonyl (C=O) groups is 3. The topological polar surface area (TPSA) is 71.4 Å². The maximum absolute atomic E-state index is 12.1. The molecule has 27 heavy (non-hydrogen) atoms. The van der Waals surface area contributed by atoms with Crippen molar-refractivity contribution in [2.45, 2.75) is 90.4 Å². The molecule has 0 aromatic carbocycles. The number of aliphatic carboxylic acids is 1. The standard InChI is InChI=1S/C23H36O4/c1-2-3-4-6-9-12-20(24)17-15-19-16-18-22(25)21(19)13-10-7-5-8-11-14-23(26)27/h7,10,15,17,19,21H,2-6,8-9,11-14,16,18H2,1H3,(H,26,27). The van der Waals surface area contributed by atoms with Crippen molar-refractivity contribution >= 4 is 17.5 Å². The van der Waals surface area contributed by atoms with Gasteiger partial charge in [-0.25, -0.2) is 0 Å². The van der Waals surface area contributed by atoms with Crippen molar-refractivity contribution in [1.29, 1.82) is 0 Å². The summed E-state index contributed by atoms with van der Waals surface area (Å²) in [5.41, 5.74) is 0. The first-order valence-electron chi connectivity index (χ1n) is 10.6. The lowest BCUT2D eigenvalue weighted by Crippen LogP contribution is -2.12. The van der Waals surface area contributed by atoms with Crippen molar-refractivity contribution in [2.75, 3.05) is 0 Å². The Morgan fingerprint density at radius 2 is 1.78 bits per heavy atom. The van der Waals surface area contributed by atoms with Crippen molar-refractivity contribution < 1.29 is 19.5 Å². The van der Waals surface area contributed by atoms with Gasteiger partial charge in [-0.05, 0) is 50.5 Å². The van der Waals surface area contributed by atoms with Crippen LogP contribution in [0.2, 0.25) is 0 Å². The van der Waals surface area contributed by atoms with E-state index in [1.165, 1.54) is 19.3 Å². The molecule has 0 aliphatic heterocycles.